The Morgan fingerprint density at radius 3 is 2.19 bits per heavy atom. The minimum absolute atomic E-state index is 0.0324. The molecule has 36 heavy (non-hydrogen) atoms. The summed E-state index contributed by atoms with van der Waals surface area (Å²) in [6.07, 6.45) is 8.41. The highest BCUT2D eigenvalue weighted by Crippen LogP contribution is 2.43. The van der Waals surface area contributed by atoms with E-state index in [4.69, 9.17) is 10.5 Å². The normalized spacial score (nSPS) is 21.7. The van der Waals surface area contributed by atoms with E-state index in [1.165, 1.54) is 31.9 Å². The standard InChI is InChI=1S/C24H37FN2O2.C3H7NO.C2H6/c1-3-5-6-13-24(12-4-2)19-22(29-23(24)28)11-14-26-15-17-27(18-16-26)21-9-7-20(25)8-10-21;1-3(5)2-4;1-2/h7-10,22H,3-6,11-19H2,1-2H3;2,4H2,1H3;1-2H3. The van der Waals surface area contributed by atoms with Crippen molar-refractivity contribution >= 4 is 17.4 Å². The number of nitrogens with two attached hydrogens (primary N) is 1. The molecule has 3 rings (SSSR count). The van der Waals surface area contributed by atoms with E-state index >= 15 is 0 Å². The van der Waals surface area contributed by atoms with Crippen molar-refractivity contribution in [2.75, 3.05) is 44.2 Å². The van der Waals surface area contributed by atoms with Crippen LogP contribution < -0.4 is 10.6 Å². The van der Waals surface area contributed by atoms with Gasteiger partial charge in [0.1, 0.15) is 17.7 Å². The number of hydrogen-bond acceptors (Lipinski definition) is 6. The molecule has 2 N–H and O–H groups in total. The van der Waals surface area contributed by atoms with Crippen molar-refractivity contribution in [1.29, 1.82) is 0 Å². The first-order valence-corrected chi connectivity index (χ1v) is 14.0. The summed E-state index contributed by atoms with van der Waals surface area (Å²) in [6.45, 7) is 14.9. The lowest BCUT2D eigenvalue weighted by atomic mass is 9.76. The highest BCUT2D eigenvalue weighted by Gasteiger charge is 2.47. The van der Waals surface area contributed by atoms with Gasteiger partial charge in [0.05, 0.1) is 12.0 Å². The lowest BCUT2D eigenvalue weighted by Gasteiger charge is -2.36. The fourth-order valence-electron chi connectivity index (χ4n) is 4.93. The Labute approximate surface area is 218 Å². The molecular formula is C29H50FN3O3. The maximum Gasteiger partial charge on any atom is 0.312 e. The van der Waals surface area contributed by atoms with E-state index in [-0.39, 0.29) is 35.6 Å². The summed E-state index contributed by atoms with van der Waals surface area (Å²) in [7, 11) is 0. The molecule has 206 valence electrons. The minimum Gasteiger partial charge on any atom is -0.462 e. The van der Waals surface area contributed by atoms with Crippen molar-refractivity contribution in [2.45, 2.75) is 92.1 Å². The summed E-state index contributed by atoms with van der Waals surface area (Å²) in [5.74, 6) is -0.0982. The number of piperazine rings is 1. The van der Waals surface area contributed by atoms with Crippen molar-refractivity contribution in [3.8, 4) is 0 Å². The van der Waals surface area contributed by atoms with Gasteiger partial charge < -0.3 is 15.4 Å². The van der Waals surface area contributed by atoms with Crippen molar-refractivity contribution < 1.29 is 18.7 Å². The summed E-state index contributed by atoms with van der Waals surface area (Å²) < 4.78 is 19.0. The van der Waals surface area contributed by atoms with Crippen LogP contribution in [-0.2, 0) is 14.3 Å². The lowest BCUT2D eigenvalue weighted by molar-refractivity contribution is -0.149. The molecule has 2 aliphatic heterocycles. The third-order valence-corrected chi connectivity index (χ3v) is 6.93. The fourth-order valence-corrected chi connectivity index (χ4v) is 4.93. The molecule has 7 heteroatoms. The topological polar surface area (TPSA) is 75.9 Å². The number of cyclic esters (lactones) is 1. The Morgan fingerprint density at radius 1 is 1.06 bits per heavy atom. The van der Waals surface area contributed by atoms with Crippen LogP contribution in [0.4, 0.5) is 10.1 Å². The van der Waals surface area contributed by atoms with Gasteiger partial charge in [-0.05, 0) is 50.5 Å². The average Bonchev–Trinajstić information content (AvgIpc) is 3.20. The van der Waals surface area contributed by atoms with Gasteiger partial charge in [0.25, 0.3) is 0 Å². The second kappa shape index (κ2) is 17.5. The number of halogens is 1. The third-order valence-electron chi connectivity index (χ3n) is 6.93. The van der Waals surface area contributed by atoms with Gasteiger partial charge in [-0.2, -0.15) is 0 Å². The van der Waals surface area contributed by atoms with E-state index in [0.29, 0.717) is 0 Å². The van der Waals surface area contributed by atoms with Gasteiger partial charge >= 0.3 is 5.97 Å². The third kappa shape index (κ3) is 10.6. The second-order valence-corrected chi connectivity index (χ2v) is 9.72. The molecule has 2 heterocycles. The predicted molar refractivity (Wildman–Crippen MR) is 147 cm³/mol. The van der Waals surface area contributed by atoms with Gasteiger partial charge in [0, 0.05) is 44.8 Å². The molecular weight excluding hydrogens is 457 g/mol. The molecule has 1 aromatic carbocycles. The van der Waals surface area contributed by atoms with E-state index in [1.807, 2.05) is 26.0 Å². The largest absolute Gasteiger partial charge is 0.462 e. The van der Waals surface area contributed by atoms with E-state index in [1.54, 1.807) is 0 Å². The van der Waals surface area contributed by atoms with Gasteiger partial charge in [0.15, 0.2) is 0 Å². The Hall–Kier alpha value is -1.99. The van der Waals surface area contributed by atoms with Gasteiger partial charge in [0.2, 0.25) is 0 Å². The molecule has 0 saturated carbocycles. The number of Topliss-reactive ketones (excluding diaryl/α,β-unsaturated/α-hetero) is 1. The monoisotopic (exact) mass is 507 g/mol. The zero-order valence-electron chi connectivity index (χ0n) is 23.4. The van der Waals surface area contributed by atoms with Crippen LogP contribution in [0.1, 0.15) is 86.0 Å². The fraction of sp³-hybridized carbons (Fsp3) is 0.724. The number of hydrogen-bond donors (Lipinski definition) is 1. The van der Waals surface area contributed by atoms with E-state index < -0.39 is 0 Å². The van der Waals surface area contributed by atoms with Crippen molar-refractivity contribution in [3.05, 3.63) is 30.1 Å². The second-order valence-electron chi connectivity index (χ2n) is 9.72. The van der Waals surface area contributed by atoms with Gasteiger partial charge in [-0.3, -0.25) is 14.5 Å². The summed E-state index contributed by atoms with van der Waals surface area (Å²) in [5.41, 5.74) is 5.69. The van der Waals surface area contributed by atoms with Gasteiger partial charge in [-0.15, -0.1) is 0 Å². The number of carbonyl (C=O) groups is 2. The molecule has 2 saturated heterocycles. The number of nitrogens with zero attached hydrogens (tertiary/aromatic N) is 2. The summed E-state index contributed by atoms with van der Waals surface area (Å²) in [4.78, 5) is 27.2. The average molecular weight is 508 g/mol. The van der Waals surface area contributed by atoms with Crippen LogP contribution in [0.3, 0.4) is 0 Å². The van der Waals surface area contributed by atoms with Gasteiger partial charge in [-0.25, -0.2) is 4.39 Å². The zero-order valence-corrected chi connectivity index (χ0v) is 23.4. The van der Waals surface area contributed by atoms with Crippen LogP contribution in [0.25, 0.3) is 0 Å². The van der Waals surface area contributed by atoms with Crippen LogP contribution in [0.5, 0.6) is 0 Å². The number of ether oxygens (including phenoxy) is 1. The van der Waals surface area contributed by atoms with Crippen LogP contribution >= 0.6 is 0 Å². The number of benzene rings is 1. The Balaban J connectivity index is 0.000000826. The smallest absolute Gasteiger partial charge is 0.312 e. The SMILES string of the molecule is CC.CC(=O)CN.CCCCCC1(CCC)CC(CCN2CCN(c3ccc(F)cc3)CC2)OC1=O. The molecule has 0 spiro atoms. The molecule has 2 atom stereocenters. The van der Waals surface area contributed by atoms with Crippen LogP contribution in [-0.4, -0.2) is 62.0 Å². The number of carbonyl (C=O) groups excluding carboxylic acids is 2. The van der Waals surface area contributed by atoms with Crippen LogP contribution in [0.15, 0.2) is 24.3 Å². The minimum atomic E-state index is -0.226. The molecule has 0 radical (unpaired) electrons. The summed E-state index contributed by atoms with van der Waals surface area (Å²) >= 11 is 0. The molecule has 2 aliphatic rings. The molecule has 2 unspecified atom stereocenters. The predicted octanol–water partition coefficient (Wildman–Crippen LogP) is 5.58. The number of rotatable bonds is 11. The van der Waals surface area contributed by atoms with E-state index in [2.05, 4.69) is 23.6 Å². The molecule has 0 aliphatic carbocycles. The number of esters is 1. The Bertz CT molecular complexity index is 751. The highest BCUT2D eigenvalue weighted by atomic mass is 19.1. The van der Waals surface area contributed by atoms with Crippen molar-refractivity contribution in [3.63, 3.8) is 0 Å². The highest BCUT2D eigenvalue weighted by molar-refractivity contribution is 5.79. The van der Waals surface area contributed by atoms with E-state index in [0.717, 1.165) is 76.9 Å². The maximum absolute atomic E-state index is 13.1. The first-order valence-electron chi connectivity index (χ1n) is 14.0. The maximum atomic E-state index is 13.1. The molecule has 0 bridgehead atoms. The van der Waals surface area contributed by atoms with Crippen LogP contribution in [0.2, 0.25) is 0 Å². The molecule has 0 aromatic heterocycles. The zero-order chi connectivity index (χ0) is 27.0. The van der Waals surface area contributed by atoms with Crippen molar-refractivity contribution in [1.82, 2.24) is 4.90 Å². The van der Waals surface area contributed by atoms with Crippen LogP contribution in [0, 0.1) is 11.2 Å². The number of unbranched alkanes of at least 4 members (excludes halogenated alkanes) is 2. The molecule has 1 aromatic rings. The molecule has 0 amide bonds. The van der Waals surface area contributed by atoms with Gasteiger partial charge in [-0.1, -0.05) is 53.4 Å². The lowest BCUT2D eigenvalue weighted by Crippen LogP contribution is -2.47. The number of ketones is 1. The quantitative estimate of drug-likeness (QED) is 0.311. The van der Waals surface area contributed by atoms with Crippen molar-refractivity contribution in [2.24, 2.45) is 11.1 Å². The number of anilines is 1. The Kier molecular flexibility index (Phi) is 15.5. The summed E-state index contributed by atoms with van der Waals surface area (Å²) in [5, 5.41) is 0. The summed E-state index contributed by atoms with van der Waals surface area (Å²) in [6, 6.07) is 6.77. The van der Waals surface area contributed by atoms with E-state index in [9.17, 15) is 14.0 Å². The first kappa shape index (κ1) is 32.0. The Morgan fingerprint density at radius 2 is 1.67 bits per heavy atom. The first-order chi connectivity index (χ1) is 17.3. The molecule has 6 nitrogen and oxygen atoms in total. The molecule has 2 fully saturated rings.